The van der Waals surface area contributed by atoms with Gasteiger partial charge in [-0.15, -0.1) is 11.6 Å². The fourth-order valence-electron chi connectivity index (χ4n) is 0.225. The van der Waals surface area contributed by atoms with Crippen LogP contribution < -0.4 is 0 Å². The minimum Gasteiger partial charge on any atom is -0.390 e. The third-order valence-electron chi connectivity index (χ3n) is 0.665. The van der Waals surface area contributed by atoms with Gasteiger partial charge < -0.3 is 9.84 Å². The highest BCUT2D eigenvalue weighted by atomic mass is 35.5. The minimum atomic E-state index is -1.29. The molecule has 5 heteroatoms. The van der Waals surface area contributed by atoms with E-state index in [0.717, 1.165) is 0 Å². The minimum absolute atomic E-state index is 0.390. The normalized spacial score (nSPS) is 12.3. The first-order valence-electron chi connectivity index (χ1n) is 2.56. The van der Waals surface area contributed by atoms with Crippen LogP contribution in [0.3, 0.4) is 0 Å². The molecular weight excluding hydrogens is 160 g/mol. The molecule has 0 aromatic heterocycles. The van der Waals surface area contributed by atoms with Crippen molar-refractivity contribution in [1.29, 1.82) is 0 Å². The molecule has 4 nitrogen and oxygen atoms in total. The quantitative estimate of drug-likeness (QED) is 0.347. The van der Waals surface area contributed by atoms with Crippen molar-refractivity contribution >= 4 is 23.5 Å². The first-order valence-corrected chi connectivity index (χ1v) is 3.10. The van der Waals surface area contributed by atoms with Crippen LogP contribution in [0.4, 0.5) is 0 Å². The summed E-state index contributed by atoms with van der Waals surface area (Å²) in [7, 11) is 0. The van der Waals surface area contributed by atoms with Crippen LogP contribution in [0.15, 0.2) is 0 Å². The molecule has 0 fully saturated rings. The molecule has 0 radical (unpaired) electrons. The molecular formula is C5H7ClO4. The Bertz CT molecular complexity index is 143. The van der Waals surface area contributed by atoms with E-state index >= 15 is 0 Å². The third kappa shape index (κ3) is 3.42. The van der Waals surface area contributed by atoms with Crippen molar-refractivity contribution in [3.05, 3.63) is 0 Å². The molecule has 1 unspecified atom stereocenters. The lowest BCUT2D eigenvalue weighted by molar-refractivity contribution is -0.163. The Balaban J connectivity index is 3.69. The maximum absolute atomic E-state index is 10.4. The molecule has 0 bridgehead atoms. The van der Waals surface area contributed by atoms with Crippen molar-refractivity contribution in [3.63, 3.8) is 0 Å². The van der Waals surface area contributed by atoms with Gasteiger partial charge in [0.05, 0.1) is 0 Å². The van der Waals surface area contributed by atoms with Gasteiger partial charge in [-0.3, -0.25) is 4.79 Å². The van der Waals surface area contributed by atoms with Crippen molar-refractivity contribution in [3.8, 4) is 0 Å². The van der Waals surface area contributed by atoms with Gasteiger partial charge in [0.2, 0.25) is 0 Å². The van der Waals surface area contributed by atoms with Gasteiger partial charge in [0, 0.05) is 0 Å². The van der Waals surface area contributed by atoms with E-state index in [-0.39, 0.29) is 0 Å². The number of carbonyl (C=O) groups is 2. The molecule has 0 saturated heterocycles. The molecule has 0 amide bonds. The smallest absolute Gasteiger partial charge is 0.342 e. The van der Waals surface area contributed by atoms with Crippen LogP contribution in [0.2, 0.25) is 0 Å². The average Bonchev–Trinajstić information content (AvgIpc) is 1.87. The SMILES string of the molecule is CC(O)C(=O)OC(=O)CCl. The van der Waals surface area contributed by atoms with Gasteiger partial charge in [-0.2, -0.15) is 0 Å². The number of ether oxygens (including phenoxy) is 1. The number of hydrogen-bond donors (Lipinski definition) is 1. The van der Waals surface area contributed by atoms with Crippen molar-refractivity contribution < 1.29 is 19.4 Å². The third-order valence-corrected chi connectivity index (χ3v) is 0.883. The van der Waals surface area contributed by atoms with E-state index < -0.39 is 23.9 Å². The highest BCUT2D eigenvalue weighted by Crippen LogP contribution is 1.89. The molecule has 0 aliphatic carbocycles. The number of halogens is 1. The van der Waals surface area contributed by atoms with Crippen molar-refractivity contribution in [2.75, 3.05) is 5.88 Å². The fourth-order valence-corrected chi connectivity index (χ4v) is 0.279. The summed E-state index contributed by atoms with van der Waals surface area (Å²) in [5, 5.41) is 8.50. The fraction of sp³-hybridized carbons (Fsp3) is 0.600. The van der Waals surface area contributed by atoms with Gasteiger partial charge in [-0.05, 0) is 6.92 Å². The second-order valence-corrected chi connectivity index (χ2v) is 1.87. The highest BCUT2D eigenvalue weighted by molar-refractivity contribution is 6.27. The van der Waals surface area contributed by atoms with Gasteiger partial charge in [0.25, 0.3) is 0 Å². The van der Waals surface area contributed by atoms with Crippen molar-refractivity contribution in [2.45, 2.75) is 13.0 Å². The molecule has 0 aliphatic rings. The summed E-state index contributed by atoms with van der Waals surface area (Å²) < 4.78 is 4.00. The number of aliphatic hydroxyl groups excluding tert-OH is 1. The van der Waals surface area contributed by atoms with Crippen LogP contribution in [-0.2, 0) is 14.3 Å². The molecule has 0 aromatic rings. The Hall–Kier alpha value is -0.610. The first kappa shape index (κ1) is 9.39. The number of hydrogen-bond acceptors (Lipinski definition) is 4. The van der Waals surface area contributed by atoms with Crippen molar-refractivity contribution in [1.82, 2.24) is 0 Å². The van der Waals surface area contributed by atoms with E-state index in [1.165, 1.54) is 6.92 Å². The Morgan fingerprint density at radius 3 is 2.50 bits per heavy atom. The van der Waals surface area contributed by atoms with Gasteiger partial charge in [-0.25, -0.2) is 4.79 Å². The lowest BCUT2D eigenvalue weighted by atomic mass is 10.4. The molecule has 0 spiro atoms. The predicted molar refractivity (Wildman–Crippen MR) is 33.5 cm³/mol. The Kier molecular flexibility index (Phi) is 3.99. The number of aliphatic hydroxyl groups is 1. The first-order chi connectivity index (χ1) is 4.57. The van der Waals surface area contributed by atoms with E-state index in [1.54, 1.807) is 0 Å². The van der Waals surface area contributed by atoms with Crippen LogP contribution in [-0.4, -0.2) is 29.0 Å². The van der Waals surface area contributed by atoms with Gasteiger partial charge in [0.1, 0.15) is 12.0 Å². The molecule has 0 aliphatic heterocycles. The Labute approximate surface area is 62.7 Å². The molecule has 10 heavy (non-hydrogen) atoms. The van der Waals surface area contributed by atoms with E-state index in [0.29, 0.717) is 0 Å². The summed E-state index contributed by atoms with van der Waals surface area (Å²) >= 11 is 4.99. The van der Waals surface area contributed by atoms with Crippen molar-refractivity contribution in [2.24, 2.45) is 0 Å². The summed E-state index contributed by atoms with van der Waals surface area (Å²) in [5.74, 6) is -2.23. The summed E-state index contributed by atoms with van der Waals surface area (Å²) in [5.41, 5.74) is 0. The van der Waals surface area contributed by atoms with E-state index in [2.05, 4.69) is 4.74 Å². The zero-order chi connectivity index (χ0) is 8.15. The predicted octanol–water partition coefficient (Wildman–Crippen LogP) is -0.324. The molecule has 0 heterocycles. The molecule has 1 N–H and O–H groups in total. The van der Waals surface area contributed by atoms with Gasteiger partial charge in [-0.1, -0.05) is 0 Å². The topological polar surface area (TPSA) is 63.6 Å². The van der Waals surface area contributed by atoms with E-state index in [4.69, 9.17) is 16.7 Å². The molecule has 0 saturated carbocycles. The number of esters is 2. The van der Waals surface area contributed by atoms with Gasteiger partial charge >= 0.3 is 11.9 Å². The summed E-state index contributed by atoms with van der Waals surface area (Å²) in [6.45, 7) is 1.20. The van der Waals surface area contributed by atoms with Crippen LogP contribution in [0.5, 0.6) is 0 Å². The van der Waals surface area contributed by atoms with Crippen LogP contribution in [0.25, 0.3) is 0 Å². The number of alkyl halides is 1. The van der Waals surface area contributed by atoms with Crippen LogP contribution in [0, 0.1) is 0 Å². The summed E-state index contributed by atoms with van der Waals surface area (Å²) in [6, 6.07) is 0. The molecule has 58 valence electrons. The lowest BCUT2D eigenvalue weighted by Crippen LogP contribution is -2.23. The standard InChI is InChI=1S/C5H7ClO4/c1-3(7)5(9)10-4(8)2-6/h3,7H,2H2,1H3. The van der Waals surface area contributed by atoms with Crippen LogP contribution >= 0.6 is 11.6 Å². The zero-order valence-corrected chi connectivity index (χ0v) is 6.09. The number of rotatable bonds is 2. The number of carbonyl (C=O) groups excluding carboxylic acids is 2. The maximum Gasteiger partial charge on any atom is 0.342 e. The lowest BCUT2D eigenvalue weighted by Gasteiger charge is -2.00. The van der Waals surface area contributed by atoms with Crippen LogP contribution in [0.1, 0.15) is 6.92 Å². The second-order valence-electron chi connectivity index (χ2n) is 1.60. The highest BCUT2D eigenvalue weighted by Gasteiger charge is 2.13. The van der Waals surface area contributed by atoms with Gasteiger partial charge in [0.15, 0.2) is 0 Å². The largest absolute Gasteiger partial charge is 0.390 e. The van der Waals surface area contributed by atoms with E-state index in [9.17, 15) is 9.59 Å². The molecule has 0 rings (SSSR count). The zero-order valence-electron chi connectivity index (χ0n) is 5.33. The summed E-state index contributed by atoms with van der Waals surface area (Å²) in [4.78, 5) is 20.6. The Morgan fingerprint density at radius 2 is 2.20 bits per heavy atom. The summed E-state index contributed by atoms with van der Waals surface area (Å²) in [6.07, 6.45) is -1.29. The molecule has 0 aromatic carbocycles. The average molecular weight is 167 g/mol. The maximum atomic E-state index is 10.4. The monoisotopic (exact) mass is 166 g/mol. The molecule has 1 atom stereocenters. The van der Waals surface area contributed by atoms with E-state index in [1.807, 2.05) is 0 Å². The second kappa shape index (κ2) is 4.24. The Morgan fingerprint density at radius 1 is 1.70 bits per heavy atom.